The average molecular weight is 382 g/mol. The second-order valence-corrected chi connectivity index (χ2v) is 4.74. The first kappa shape index (κ1) is 18.5. The SMILES string of the molecule is CCCNC(=O)CCN=C(N)N1CCCCCC1.I. The van der Waals surface area contributed by atoms with Crippen molar-refractivity contribution in [3.8, 4) is 0 Å². The van der Waals surface area contributed by atoms with Crippen LogP contribution < -0.4 is 11.1 Å². The number of carbonyl (C=O) groups excluding carboxylic acids is 1. The van der Waals surface area contributed by atoms with Gasteiger partial charge in [-0.1, -0.05) is 19.8 Å². The van der Waals surface area contributed by atoms with Crippen LogP contribution in [0.2, 0.25) is 0 Å². The number of halogens is 1. The number of nitrogens with two attached hydrogens (primary N) is 1. The minimum Gasteiger partial charge on any atom is -0.370 e. The number of guanidine groups is 1. The topological polar surface area (TPSA) is 70.7 Å². The molecule has 3 N–H and O–H groups in total. The smallest absolute Gasteiger partial charge is 0.221 e. The third-order valence-electron chi connectivity index (χ3n) is 3.11. The van der Waals surface area contributed by atoms with Crippen molar-refractivity contribution in [1.82, 2.24) is 10.2 Å². The average Bonchev–Trinajstić information content (AvgIpc) is 2.65. The molecule has 1 fully saturated rings. The number of aliphatic imine (C=N–C) groups is 1. The van der Waals surface area contributed by atoms with E-state index in [1.165, 1.54) is 25.7 Å². The third kappa shape index (κ3) is 8.28. The number of amides is 1. The maximum atomic E-state index is 11.4. The van der Waals surface area contributed by atoms with Gasteiger partial charge >= 0.3 is 0 Å². The molecule has 112 valence electrons. The predicted molar refractivity (Wildman–Crippen MR) is 89.9 cm³/mol. The van der Waals surface area contributed by atoms with E-state index >= 15 is 0 Å². The van der Waals surface area contributed by atoms with Crippen LogP contribution in [0.4, 0.5) is 0 Å². The van der Waals surface area contributed by atoms with Crippen LogP contribution in [0.3, 0.4) is 0 Å². The highest BCUT2D eigenvalue weighted by Gasteiger charge is 2.10. The second kappa shape index (κ2) is 11.3. The fourth-order valence-corrected chi connectivity index (χ4v) is 2.02. The van der Waals surface area contributed by atoms with Crippen molar-refractivity contribution >= 4 is 35.8 Å². The molecule has 1 amide bonds. The molecule has 0 aromatic carbocycles. The summed E-state index contributed by atoms with van der Waals surface area (Å²) in [6, 6.07) is 0. The summed E-state index contributed by atoms with van der Waals surface area (Å²) in [6.45, 7) is 5.26. The van der Waals surface area contributed by atoms with Crippen molar-refractivity contribution in [3.63, 3.8) is 0 Å². The Labute approximate surface area is 133 Å². The minimum absolute atomic E-state index is 0. The molecule has 5 nitrogen and oxygen atoms in total. The molecule has 0 saturated carbocycles. The molecule has 6 heteroatoms. The molecule has 1 saturated heterocycles. The quantitative estimate of drug-likeness (QED) is 0.432. The number of rotatable bonds is 5. The van der Waals surface area contributed by atoms with E-state index in [4.69, 9.17) is 5.73 Å². The molecule has 1 rings (SSSR count). The lowest BCUT2D eigenvalue weighted by Gasteiger charge is -2.20. The van der Waals surface area contributed by atoms with E-state index in [1.807, 2.05) is 6.92 Å². The van der Waals surface area contributed by atoms with E-state index in [0.717, 1.165) is 26.1 Å². The molecular weight excluding hydrogens is 355 g/mol. The largest absolute Gasteiger partial charge is 0.370 e. The summed E-state index contributed by atoms with van der Waals surface area (Å²) in [7, 11) is 0. The van der Waals surface area contributed by atoms with Gasteiger partial charge < -0.3 is 16.0 Å². The first-order chi connectivity index (χ1) is 8.74. The van der Waals surface area contributed by atoms with Crippen LogP contribution in [0.15, 0.2) is 4.99 Å². The number of carbonyl (C=O) groups is 1. The van der Waals surface area contributed by atoms with Gasteiger partial charge in [0.25, 0.3) is 0 Å². The van der Waals surface area contributed by atoms with Gasteiger partial charge in [0, 0.05) is 26.1 Å². The molecule has 1 aliphatic rings. The minimum atomic E-state index is 0. The van der Waals surface area contributed by atoms with Gasteiger partial charge in [-0.3, -0.25) is 9.79 Å². The fourth-order valence-electron chi connectivity index (χ4n) is 2.02. The van der Waals surface area contributed by atoms with E-state index in [9.17, 15) is 4.79 Å². The summed E-state index contributed by atoms with van der Waals surface area (Å²) >= 11 is 0. The van der Waals surface area contributed by atoms with Gasteiger partial charge in [-0.25, -0.2) is 0 Å². The van der Waals surface area contributed by atoms with E-state index in [-0.39, 0.29) is 29.9 Å². The first-order valence-electron chi connectivity index (χ1n) is 7.05. The van der Waals surface area contributed by atoms with E-state index in [1.54, 1.807) is 0 Å². The van der Waals surface area contributed by atoms with Gasteiger partial charge in [0.15, 0.2) is 5.96 Å². The van der Waals surface area contributed by atoms with Crippen LogP contribution in [0.1, 0.15) is 45.4 Å². The van der Waals surface area contributed by atoms with Crippen molar-refractivity contribution in [1.29, 1.82) is 0 Å². The van der Waals surface area contributed by atoms with Crippen molar-refractivity contribution < 1.29 is 4.79 Å². The van der Waals surface area contributed by atoms with Gasteiger partial charge in [0.05, 0.1) is 6.54 Å². The van der Waals surface area contributed by atoms with Gasteiger partial charge in [0.1, 0.15) is 0 Å². The molecule has 0 unspecified atom stereocenters. The van der Waals surface area contributed by atoms with Crippen LogP contribution in [0.5, 0.6) is 0 Å². The van der Waals surface area contributed by atoms with Crippen LogP contribution in [-0.2, 0) is 4.79 Å². The molecule has 0 bridgehead atoms. The van der Waals surface area contributed by atoms with E-state index in [2.05, 4.69) is 15.2 Å². The van der Waals surface area contributed by atoms with Gasteiger partial charge in [-0.05, 0) is 19.3 Å². The molecule has 0 aromatic heterocycles. The van der Waals surface area contributed by atoms with E-state index < -0.39 is 0 Å². The number of hydrogen-bond acceptors (Lipinski definition) is 2. The highest BCUT2D eigenvalue weighted by atomic mass is 127. The number of nitrogens with one attached hydrogen (secondary N) is 1. The zero-order valence-electron chi connectivity index (χ0n) is 11.9. The van der Waals surface area contributed by atoms with Gasteiger partial charge in [-0.2, -0.15) is 0 Å². The van der Waals surface area contributed by atoms with Crippen LogP contribution >= 0.6 is 24.0 Å². The summed E-state index contributed by atoms with van der Waals surface area (Å²) in [6.07, 6.45) is 6.33. The van der Waals surface area contributed by atoms with Gasteiger partial charge in [-0.15, -0.1) is 24.0 Å². The molecule has 0 aliphatic carbocycles. The lowest BCUT2D eigenvalue weighted by Crippen LogP contribution is -2.38. The maximum absolute atomic E-state index is 11.4. The predicted octanol–water partition coefficient (Wildman–Crippen LogP) is 1.71. The molecule has 1 aliphatic heterocycles. The first-order valence-corrected chi connectivity index (χ1v) is 7.05. The van der Waals surface area contributed by atoms with Crippen LogP contribution in [0, 0.1) is 0 Å². The fraction of sp³-hybridized carbons (Fsp3) is 0.846. The van der Waals surface area contributed by atoms with Crippen molar-refractivity contribution in [3.05, 3.63) is 0 Å². The summed E-state index contributed by atoms with van der Waals surface area (Å²) < 4.78 is 0. The lowest BCUT2D eigenvalue weighted by molar-refractivity contribution is -0.120. The molecule has 0 aromatic rings. The Kier molecular flexibility index (Phi) is 11.0. The molecule has 0 radical (unpaired) electrons. The Balaban J connectivity index is 0.00000324. The maximum Gasteiger partial charge on any atom is 0.221 e. The molecule has 0 spiro atoms. The standard InChI is InChI=1S/C13H26N4O.HI/c1-2-8-15-12(18)7-9-16-13(14)17-10-5-3-4-6-11-17;/h2-11H2,1H3,(H2,14,16)(H,15,18);1H. The van der Waals surface area contributed by atoms with Crippen molar-refractivity contribution in [2.75, 3.05) is 26.2 Å². The van der Waals surface area contributed by atoms with Crippen molar-refractivity contribution in [2.45, 2.75) is 45.4 Å². The monoisotopic (exact) mass is 382 g/mol. The highest BCUT2D eigenvalue weighted by Crippen LogP contribution is 2.08. The van der Waals surface area contributed by atoms with Gasteiger partial charge in [0.2, 0.25) is 5.91 Å². The van der Waals surface area contributed by atoms with Crippen LogP contribution in [0.25, 0.3) is 0 Å². The summed E-state index contributed by atoms with van der Waals surface area (Å²) in [5, 5.41) is 2.83. The summed E-state index contributed by atoms with van der Waals surface area (Å²) in [4.78, 5) is 17.8. The number of likely N-dealkylation sites (tertiary alicyclic amines) is 1. The molecule has 1 heterocycles. The Morgan fingerprint density at radius 2 is 1.89 bits per heavy atom. The third-order valence-corrected chi connectivity index (χ3v) is 3.11. The normalized spacial score (nSPS) is 16.5. The lowest BCUT2D eigenvalue weighted by atomic mass is 10.2. The number of hydrogen-bond donors (Lipinski definition) is 2. The Morgan fingerprint density at radius 1 is 1.26 bits per heavy atom. The van der Waals surface area contributed by atoms with Crippen LogP contribution in [-0.4, -0.2) is 42.9 Å². The molecular formula is C13H27IN4O. The highest BCUT2D eigenvalue weighted by molar-refractivity contribution is 14.0. The zero-order chi connectivity index (χ0) is 13.2. The van der Waals surface area contributed by atoms with Crippen molar-refractivity contribution in [2.24, 2.45) is 10.7 Å². The Hall–Kier alpha value is -0.530. The number of nitrogens with zero attached hydrogens (tertiary/aromatic N) is 2. The summed E-state index contributed by atoms with van der Waals surface area (Å²) in [5.74, 6) is 0.657. The Morgan fingerprint density at radius 3 is 2.47 bits per heavy atom. The Bertz CT molecular complexity index is 276. The molecule has 0 atom stereocenters. The van der Waals surface area contributed by atoms with E-state index in [0.29, 0.717) is 18.9 Å². The summed E-state index contributed by atoms with van der Waals surface area (Å²) in [5.41, 5.74) is 5.95. The zero-order valence-corrected chi connectivity index (χ0v) is 14.2. The second-order valence-electron chi connectivity index (χ2n) is 4.74. The molecule has 19 heavy (non-hydrogen) atoms.